The lowest BCUT2D eigenvalue weighted by Gasteiger charge is -2.39. The summed E-state index contributed by atoms with van der Waals surface area (Å²) in [6, 6.07) is 15.7. The second-order valence-corrected chi connectivity index (χ2v) is 11.0. The van der Waals surface area contributed by atoms with E-state index < -0.39 is 5.92 Å². The molecule has 9 heteroatoms. The summed E-state index contributed by atoms with van der Waals surface area (Å²) >= 11 is 6.08. The van der Waals surface area contributed by atoms with Crippen molar-refractivity contribution in [3.05, 3.63) is 64.7 Å². The number of ether oxygens (including phenoxy) is 1. The van der Waals surface area contributed by atoms with Crippen molar-refractivity contribution in [3.8, 4) is 0 Å². The molecule has 2 aromatic carbocycles. The van der Waals surface area contributed by atoms with Crippen molar-refractivity contribution >= 4 is 35.0 Å². The van der Waals surface area contributed by atoms with Gasteiger partial charge in [-0.25, -0.2) is 0 Å². The predicted octanol–water partition coefficient (Wildman–Crippen LogP) is 4.03. The summed E-state index contributed by atoms with van der Waals surface area (Å²) < 4.78 is 5.40. The molecule has 2 fully saturated rings. The molecule has 0 spiro atoms. The molecular formula is C31H41ClN4O4. The first-order chi connectivity index (χ1) is 19.3. The zero-order valence-electron chi connectivity index (χ0n) is 23.9. The summed E-state index contributed by atoms with van der Waals surface area (Å²) in [5.41, 5.74) is 3.20. The minimum atomic E-state index is -0.441. The van der Waals surface area contributed by atoms with Gasteiger partial charge in [0.15, 0.2) is 0 Å². The van der Waals surface area contributed by atoms with Crippen LogP contribution >= 0.6 is 11.6 Å². The summed E-state index contributed by atoms with van der Waals surface area (Å²) in [7, 11) is 0. The molecule has 0 aliphatic carbocycles. The molecule has 4 rings (SSSR count). The Labute approximate surface area is 242 Å². The van der Waals surface area contributed by atoms with Crippen molar-refractivity contribution in [1.82, 2.24) is 14.7 Å². The summed E-state index contributed by atoms with van der Waals surface area (Å²) in [5, 5.41) is 0.645. The molecule has 2 aliphatic heterocycles. The van der Waals surface area contributed by atoms with Gasteiger partial charge in [0.05, 0.1) is 25.2 Å². The first kappa shape index (κ1) is 29.9. The zero-order chi connectivity index (χ0) is 28.6. The van der Waals surface area contributed by atoms with Gasteiger partial charge in [-0.05, 0) is 49.6 Å². The molecule has 2 atom stereocenters. The molecule has 2 aliphatic rings. The lowest BCUT2D eigenvalue weighted by atomic mass is 9.93. The summed E-state index contributed by atoms with van der Waals surface area (Å²) in [4.78, 5) is 47.1. The SMILES string of the molecule is CCN(C(C)=O)C(C)c1ccccc1N1CCN(C(=O)[C@H](CC(=O)N2CCOCC2)Cc2ccc(Cl)cc2)CC1. The average Bonchev–Trinajstić information content (AvgIpc) is 2.98. The van der Waals surface area contributed by atoms with Gasteiger partial charge in [0.1, 0.15) is 0 Å². The number of benzene rings is 2. The largest absolute Gasteiger partial charge is 0.378 e. The van der Waals surface area contributed by atoms with E-state index in [0.717, 1.165) is 16.8 Å². The van der Waals surface area contributed by atoms with E-state index in [4.69, 9.17) is 16.3 Å². The van der Waals surface area contributed by atoms with E-state index in [1.165, 1.54) is 0 Å². The van der Waals surface area contributed by atoms with Crippen LogP contribution in [-0.4, -0.2) is 91.4 Å². The normalized spacial score (nSPS) is 17.4. The predicted molar refractivity (Wildman–Crippen MR) is 157 cm³/mol. The molecule has 0 radical (unpaired) electrons. The quantitative estimate of drug-likeness (QED) is 0.457. The maximum Gasteiger partial charge on any atom is 0.226 e. The molecule has 0 bridgehead atoms. The second kappa shape index (κ2) is 14.0. The average molecular weight is 569 g/mol. The Balaban J connectivity index is 1.46. The molecule has 0 N–H and O–H groups in total. The minimum absolute atomic E-state index is 0.00288. The number of hydrogen-bond donors (Lipinski definition) is 0. The molecule has 2 aromatic rings. The van der Waals surface area contributed by atoms with E-state index in [0.29, 0.717) is 70.5 Å². The van der Waals surface area contributed by atoms with Gasteiger partial charge < -0.3 is 24.3 Å². The maximum atomic E-state index is 13.9. The molecule has 2 heterocycles. The van der Waals surface area contributed by atoms with Gasteiger partial charge in [0.2, 0.25) is 17.7 Å². The van der Waals surface area contributed by atoms with Crippen molar-refractivity contribution in [2.24, 2.45) is 5.92 Å². The number of rotatable bonds is 9. The third kappa shape index (κ3) is 7.34. The monoisotopic (exact) mass is 568 g/mol. The highest BCUT2D eigenvalue weighted by atomic mass is 35.5. The number of piperazine rings is 1. The van der Waals surface area contributed by atoms with Crippen LogP contribution in [0.1, 0.15) is 44.4 Å². The van der Waals surface area contributed by atoms with Crippen LogP contribution in [0.4, 0.5) is 5.69 Å². The molecular weight excluding hydrogens is 528 g/mol. The van der Waals surface area contributed by atoms with E-state index in [9.17, 15) is 14.4 Å². The highest BCUT2D eigenvalue weighted by molar-refractivity contribution is 6.30. The molecule has 216 valence electrons. The number of nitrogens with zero attached hydrogens (tertiary/aromatic N) is 4. The first-order valence-corrected chi connectivity index (χ1v) is 14.7. The summed E-state index contributed by atoms with van der Waals surface area (Å²) in [6.45, 7) is 11.0. The van der Waals surface area contributed by atoms with Gasteiger partial charge in [-0.2, -0.15) is 0 Å². The molecule has 0 saturated carbocycles. The number of hydrogen-bond acceptors (Lipinski definition) is 5. The van der Waals surface area contributed by atoms with Crippen molar-refractivity contribution in [2.75, 3.05) is 63.9 Å². The Bertz CT molecular complexity index is 1160. The smallest absolute Gasteiger partial charge is 0.226 e. The van der Waals surface area contributed by atoms with Crippen LogP contribution in [-0.2, 0) is 25.5 Å². The van der Waals surface area contributed by atoms with Crippen molar-refractivity contribution in [2.45, 2.75) is 39.7 Å². The van der Waals surface area contributed by atoms with Crippen LogP contribution in [0.2, 0.25) is 5.02 Å². The van der Waals surface area contributed by atoms with E-state index >= 15 is 0 Å². The Morgan fingerprint density at radius 2 is 1.57 bits per heavy atom. The molecule has 2 saturated heterocycles. The van der Waals surface area contributed by atoms with E-state index in [1.54, 1.807) is 6.92 Å². The van der Waals surface area contributed by atoms with Gasteiger partial charge >= 0.3 is 0 Å². The fourth-order valence-corrected chi connectivity index (χ4v) is 5.92. The van der Waals surface area contributed by atoms with Crippen LogP contribution in [0.15, 0.2) is 48.5 Å². The molecule has 40 heavy (non-hydrogen) atoms. The number of morpholine rings is 1. The number of carbonyl (C=O) groups is 3. The van der Waals surface area contributed by atoms with Crippen molar-refractivity contribution < 1.29 is 19.1 Å². The Morgan fingerprint density at radius 3 is 2.20 bits per heavy atom. The van der Waals surface area contributed by atoms with Crippen molar-refractivity contribution in [1.29, 1.82) is 0 Å². The Kier molecular flexibility index (Phi) is 10.5. The topological polar surface area (TPSA) is 73.4 Å². The number of anilines is 1. The second-order valence-electron chi connectivity index (χ2n) is 10.6. The molecule has 8 nitrogen and oxygen atoms in total. The van der Waals surface area contributed by atoms with Crippen LogP contribution in [0.3, 0.4) is 0 Å². The van der Waals surface area contributed by atoms with Crippen LogP contribution in [0, 0.1) is 5.92 Å². The maximum absolute atomic E-state index is 13.9. The van der Waals surface area contributed by atoms with Gasteiger partial charge in [0, 0.05) is 69.9 Å². The van der Waals surface area contributed by atoms with Crippen LogP contribution in [0.5, 0.6) is 0 Å². The van der Waals surface area contributed by atoms with Crippen LogP contribution < -0.4 is 4.90 Å². The third-order valence-electron chi connectivity index (χ3n) is 8.06. The third-order valence-corrected chi connectivity index (χ3v) is 8.31. The number of para-hydroxylation sites is 1. The lowest BCUT2D eigenvalue weighted by Crippen LogP contribution is -2.51. The number of amides is 3. The van der Waals surface area contributed by atoms with E-state index in [-0.39, 0.29) is 30.2 Å². The van der Waals surface area contributed by atoms with Gasteiger partial charge in [-0.15, -0.1) is 0 Å². The van der Waals surface area contributed by atoms with E-state index in [2.05, 4.69) is 24.0 Å². The van der Waals surface area contributed by atoms with Crippen molar-refractivity contribution in [3.63, 3.8) is 0 Å². The minimum Gasteiger partial charge on any atom is -0.378 e. The zero-order valence-corrected chi connectivity index (χ0v) is 24.6. The standard InChI is InChI=1S/C31H41ClN4O4/c1-4-36(24(3)37)23(2)28-7-5-6-8-29(28)33-13-15-35(16-14-33)31(39)26(21-25-9-11-27(32)12-10-25)22-30(38)34-17-19-40-20-18-34/h5-12,23,26H,4,13-22H2,1-3H3/t23?,26-/m0/s1. The highest BCUT2D eigenvalue weighted by Gasteiger charge is 2.32. The van der Waals surface area contributed by atoms with Gasteiger partial charge in [0.25, 0.3) is 0 Å². The molecule has 3 amide bonds. The van der Waals surface area contributed by atoms with Gasteiger partial charge in [-0.1, -0.05) is 41.9 Å². The summed E-state index contributed by atoms with van der Waals surface area (Å²) in [6.07, 6.45) is 0.671. The fraction of sp³-hybridized carbons (Fsp3) is 0.516. The highest BCUT2D eigenvalue weighted by Crippen LogP contribution is 2.31. The number of halogens is 1. The Morgan fingerprint density at radius 1 is 0.925 bits per heavy atom. The molecule has 1 unspecified atom stereocenters. The molecule has 0 aromatic heterocycles. The summed E-state index contributed by atoms with van der Waals surface area (Å²) in [5.74, 6) is -0.364. The lowest BCUT2D eigenvalue weighted by molar-refractivity contribution is -0.143. The Hall–Kier alpha value is -3.10. The van der Waals surface area contributed by atoms with E-state index in [1.807, 2.05) is 58.0 Å². The first-order valence-electron chi connectivity index (χ1n) is 14.3. The fourth-order valence-electron chi connectivity index (χ4n) is 5.80. The van der Waals surface area contributed by atoms with Gasteiger partial charge in [-0.3, -0.25) is 14.4 Å². The van der Waals surface area contributed by atoms with Crippen LogP contribution in [0.25, 0.3) is 0 Å². The number of carbonyl (C=O) groups excluding carboxylic acids is 3.